The molecule has 2 N–H and O–H groups in total. The lowest BCUT2D eigenvalue weighted by atomic mass is 9.90. The van der Waals surface area contributed by atoms with Crippen LogP contribution in [0.3, 0.4) is 0 Å². The fourth-order valence-corrected chi connectivity index (χ4v) is 0.274. The molecular formula is C6H13O2. The minimum atomic E-state index is -0.514. The Labute approximate surface area is 50.2 Å². The first-order valence-electron chi connectivity index (χ1n) is 2.75. The molecule has 0 unspecified atom stereocenters. The van der Waals surface area contributed by atoms with Crippen LogP contribution >= 0.6 is 0 Å². The summed E-state index contributed by atoms with van der Waals surface area (Å²) in [6.07, 6.45) is 0.708. The fourth-order valence-electron chi connectivity index (χ4n) is 0.274. The molecule has 1 radical (unpaired) electrons. The van der Waals surface area contributed by atoms with Gasteiger partial charge in [0.1, 0.15) is 0 Å². The molecule has 0 aromatic heterocycles. The van der Waals surface area contributed by atoms with Crippen molar-refractivity contribution >= 4 is 0 Å². The van der Waals surface area contributed by atoms with E-state index in [0.29, 0.717) is 6.42 Å². The maximum absolute atomic E-state index is 8.56. The Morgan fingerprint density at radius 2 is 1.75 bits per heavy atom. The average molecular weight is 117 g/mol. The van der Waals surface area contributed by atoms with Crippen LogP contribution in [0.5, 0.6) is 0 Å². The van der Waals surface area contributed by atoms with E-state index >= 15 is 0 Å². The standard InChI is InChI=1S/C6H13O2/c1-3-6(2,4-7)5-8/h7-8H,2-5H2,1H3. The quantitative estimate of drug-likeness (QED) is 0.554. The van der Waals surface area contributed by atoms with Gasteiger partial charge in [0.25, 0.3) is 0 Å². The molecule has 0 bridgehead atoms. The van der Waals surface area contributed by atoms with Gasteiger partial charge in [0.15, 0.2) is 0 Å². The van der Waals surface area contributed by atoms with E-state index in [9.17, 15) is 0 Å². The second-order valence-electron chi connectivity index (χ2n) is 2.17. The molecule has 0 aromatic rings. The zero-order valence-electron chi connectivity index (χ0n) is 5.22. The van der Waals surface area contributed by atoms with Crippen LogP contribution in [0.4, 0.5) is 0 Å². The van der Waals surface area contributed by atoms with Gasteiger partial charge in [-0.25, -0.2) is 0 Å². The van der Waals surface area contributed by atoms with Crippen molar-refractivity contribution in [2.75, 3.05) is 13.2 Å². The van der Waals surface area contributed by atoms with Crippen LogP contribution in [0.25, 0.3) is 0 Å². The Kier molecular flexibility index (Phi) is 3.02. The van der Waals surface area contributed by atoms with Crippen molar-refractivity contribution < 1.29 is 10.2 Å². The second-order valence-corrected chi connectivity index (χ2v) is 2.17. The van der Waals surface area contributed by atoms with Gasteiger partial charge in [-0.1, -0.05) is 6.92 Å². The Morgan fingerprint density at radius 3 is 1.75 bits per heavy atom. The summed E-state index contributed by atoms with van der Waals surface area (Å²) in [4.78, 5) is 0. The van der Waals surface area contributed by atoms with Crippen molar-refractivity contribution in [3.63, 3.8) is 0 Å². The van der Waals surface area contributed by atoms with Crippen LogP contribution in [-0.2, 0) is 0 Å². The van der Waals surface area contributed by atoms with Crippen molar-refractivity contribution in [2.45, 2.75) is 13.3 Å². The minimum absolute atomic E-state index is 0.0417. The molecule has 2 nitrogen and oxygen atoms in total. The van der Waals surface area contributed by atoms with Crippen LogP contribution in [0.2, 0.25) is 0 Å². The molecule has 0 amide bonds. The topological polar surface area (TPSA) is 40.5 Å². The molecule has 0 heterocycles. The highest BCUT2D eigenvalue weighted by Gasteiger charge is 2.18. The molecule has 0 rings (SSSR count). The molecular weight excluding hydrogens is 104 g/mol. The van der Waals surface area contributed by atoms with E-state index < -0.39 is 5.41 Å². The summed E-state index contributed by atoms with van der Waals surface area (Å²) in [6, 6.07) is 0. The van der Waals surface area contributed by atoms with Gasteiger partial charge in [0.2, 0.25) is 0 Å². The molecule has 0 atom stereocenters. The third kappa shape index (κ3) is 1.80. The number of hydrogen-bond donors (Lipinski definition) is 2. The molecule has 8 heavy (non-hydrogen) atoms. The molecule has 49 valence electrons. The van der Waals surface area contributed by atoms with Gasteiger partial charge in [-0.05, 0) is 13.3 Å². The van der Waals surface area contributed by atoms with Crippen molar-refractivity contribution in [3.8, 4) is 0 Å². The van der Waals surface area contributed by atoms with Crippen LogP contribution in [0.1, 0.15) is 13.3 Å². The Bertz CT molecular complexity index is 49.3. The van der Waals surface area contributed by atoms with Gasteiger partial charge in [-0.15, -0.1) is 0 Å². The largest absolute Gasteiger partial charge is 0.396 e. The maximum atomic E-state index is 8.56. The summed E-state index contributed by atoms with van der Waals surface area (Å²) in [7, 11) is 0. The first-order chi connectivity index (χ1) is 3.68. The summed E-state index contributed by atoms with van der Waals surface area (Å²) < 4.78 is 0. The highest BCUT2D eigenvalue weighted by Crippen LogP contribution is 2.16. The van der Waals surface area contributed by atoms with Crippen molar-refractivity contribution in [1.82, 2.24) is 0 Å². The number of aliphatic hydroxyl groups excluding tert-OH is 2. The van der Waals surface area contributed by atoms with Crippen molar-refractivity contribution in [3.05, 3.63) is 6.92 Å². The number of hydrogen-bond acceptors (Lipinski definition) is 2. The third-order valence-corrected chi connectivity index (χ3v) is 1.42. The molecule has 0 aliphatic heterocycles. The Hall–Kier alpha value is -0.0800. The van der Waals surface area contributed by atoms with Crippen LogP contribution in [-0.4, -0.2) is 23.4 Å². The fraction of sp³-hybridized carbons (Fsp3) is 0.833. The van der Waals surface area contributed by atoms with Crippen molar-refractivity contribution in [1.29, 1.82) is 0 Å². The summed E-state index contributed by atoms with van der Waals surface area (Å²) in [5.74, 6) is 0. The summed E-state index contributed by atoms with van der Waals surface area (Å²) >= 11 is 0. The monoisotopic (exact) mass is 117 g/mol. The first-order valence-corrected chi connectivity index (χ1v) is 2.75. The highest BCUT2D eigenvalue weighted by atomic mass is 16.3. The van der Waals surface area contributed by atoms with Crippen LogP contribution < -0.4 is 0 Å². The average Bonchev–Trinajstić information content (AvgIpc) is 1.87. The van der Waals surface area contributed by atoms with Gasteiger partial charge in [0, 0.05) is 5.41 Å². The molecule has 0 saturated heterocycles. The molecule has 0 aliphatic rings. The van der Waals surface area contributed by atoms with Gasteiger partial charge >= 0.3 is 0 Å². The highest BCUT2D eigenvalue weighted by molar-refractivity contribution is 4.77. The van der Waals surface area contributed by atoms with Gasteiger partial charge < -0.3 is 10.2 Å². The normalized spacial score (nSPS) is 12.0. The second kappa shape index (κ2) is 3.05. The lowest BCUT2D eigenvalue weighted by Gasteiger charge is -2.21. The summed E-state index contributed by atoms with van der Waals surface area (Å²) in [5.41, 5.74) is -0.514. The summed E-state index contributed by atoms with van der Waals surface area (Å²) in [6.45, 7) is 5.43. The Morgan fingerprint density at radius 1 is 1.38 bits per heavy atom. The van der Waals surface area contributed by atoms with Crippen LogP contribution in [0.15, 0.2) is 0 Å². The molecule has 0 spiro atoms. The zero-order valence-corrected chi connectivity index (χ0v) is 5.22. The minimum Gasteiger partial charge on any atom is -0.396 e. The van der Waals surface area contributed by atoms with Gasteiger partial charge in [0.05, 0.1) is 13.2 Å². The lowest BCUT2D eigenvalue weighted by Crippen LogP contribution is -2.24. The third-order valence-electron chi connectivity index (χ3n) is 1.42. The molecule has 0 aromatic carbocycles. The SMILES string of the molecule is [CH2]C(CC)(CO)CO. The van der Waals surface area contributed by atoms with E-state index in [0.717, 1.165) is 0 Å². The maximum Gasteiger partial charge on any atom is 0.0509 e. The molecule has 0 saturated carbocycles. The Balaban J connectivity index is 3.58. The molecule has 0 aliphatic carbocycles. The van der Waals surface area contributed by atoms with E-state index in [2.05, 4.69) is 6.92 Å². The van der Waals surface area contributed by atoms with Gasteiger partial charge in [-0.2, -0.15) is 0 Å². The number of rotatable bonds is 3. The van der Waals surface area contributed by atoms with Crippen LogP contribution in [0, 0.1) is 12.3 Å². The zero-order chi connectivity index (χ0) is 6.62. The smallest absolute Gasteiger partial charge is 0.0509 e. The molecule has 0 fully saturated rings. The van der Waals surface area contributed by atoms with Crippen molar-refractivity contribution in [2.24, 2.45) is 5.41 Å². The first kappa shape index (κ1) is 7.92. The summed E-state index contributed by atoms with van der Waals surface area (Å²) in [5, 5.41) is 17.1. The predicted molar refractivity (Wildman–Crippen MR) is 32.3 cm³/mol. The van der Waals surface area contributed by atoms with E-state index in [1.807, 2.05) is 6.92 Å². The lowest BCUT2D eigenvalue weighted by molar-refractivity contribution is 0.0882. The van der Waals surface area contributed by atoms with E-state index in [-0.39, 0.29) is 13.2 Å². The van der Waals surface area contributed by atoms with E-state index in [1.165, 1.54) is 0 Å². The predicted octanol–water partition coefficient (Wildman–Crippen LogP) is 0.201. The van der Waals surface area contributed by atoms with Gasteiger partial charge in [-0.3, -0.25) is 0 Å². The number of aliphatic hydroxyl groups is 2. The van der Waals surface area contributed by atoms with E-state index in [4.69, 9.17) is 10.2 Å². The van der Waals surface area contributed by atoms with E-state index in [1.54, 1.807) is 0 Å². The molecule has 2 heteroatoms.